The van der Waals surface area contributed by atoms with Crippen molar-refractivity contribution in [2.24, 2.45) is 11.8 Å². The Labute approximate surface area is 113 Å². The van der Waals surface area contributed by atoms with Crippen LogP contribution in [0.2, 0.25) is 0 Å². The van der Waals surface area contributed by atoms with Crippen LogP contribution in [0.15, 0.2) is 0 Å². The van der Waals surface area contributed by atoms with Gasteiger partial charge in [0.2, 0.25) is 0 Å². The molecule has 1 saturated heterocycles. The van der Waals surface area contributed by atoms with Crippen LogP contribution in [0, 0.1) is 11.8 Å². The molecule has 1 nitrogen and oxygen atoms in total. The molecule has 102 valence electrons. The first-order valence-corrected chi connectivity index (χ1v) is 8.78. The van der Waals surface area contributed by atoms with E-state index in [0.29, 0.717) is 0 Å². The van der Waals surface area contributed by atoms with Crippen molar-refractivity contribution in [3.63, 3.8) is 0 Å². The molecule has 1 N–H and O–H groups in total. The van der Waals surface area contributed by atoms with Crippen molar-refractivity contribution in [1.82, 2.24) is 5.32 Å². The third-order valence-electron chi connectivity index (χ3n) is 4.03. The third-order valence-corrected chi connectivity index (χ3v) is 5.29. The second-order valence-electron chi connectivity index (χ2n) is 5.51. The molecule has 0 saturated carbocycles. The van der Waals surface area contributed by atoms with Gasteiger partial charge >= 0.3 is 0 Å². The second-order valence-corrected chi connectivity index (χ2v) is 6.59. The number of hydrogen-bond donors (Lipinski definition) is 1. The Morgan fingerprint density at radius 3 is 2.65 bits per heavy atom. The lowest BCUT2D eigenvalue weighted by Crippen LogP contribution is -2.36. The van der Waals surface area contributed by atoms with Crippen LogP contribution < -0.4 is 5.32 Å². The smallest absolute Gasteiger partial charge is 0.0194 e. The van der Waals surface area contributed by atoms with Crippen LogP contribution in [0.25, 0.3) is 0 Å². The maximum Gasteiger partial charge on any atom is 0.0194 e. The quantitative estimate of drug-likeness (QED) is 0.660. The lowest BCUT2D eigenvalue weighted by atomic mass is 9.86. The summed E-state index contributed by atoms with van der Waals surface area (Å²) in [6, 6.07) is 0.802. The summed E-state index contributed by atoms with van der Waals surface area (Å²) >= 11 is 2.15. The van der Waals surface area contributed by atoms with Crippen molar-refractivity contribution in [3.05, 3.63) is 0 Å². The summed E-state index contributed by atoms with van der Waals surface area (Å²) < 4.78 is 0. The highest BCUT2D eigenvalue weighted by atomic mass is 32.2. The highest BCUT2D eigenvalue weighted by Gasteiger charge is 2.28. The Hall–Kier alpha value is 0.310. The minimum atomic E-state index is 0.802. The number of hydrogen-bond acceptors (Lipinski definition) is 2. The van der Waals surface area contributed by atoms with E-state index in [0.717, 1.165) is 17.9 Å². The molecule has 17 heavy (non-hydrogen) atoms. The summed E-state index contributed by atoms with van der Waals surface area (Å²) in [4.78, 5) is 0. The average molecular weight is 257 g/mol. The fraction of sp³-hybridized carbons (Fsp3) is 1.00. The van der Waals surface area contributed by atoms with Gasteiger partial charge in [-0.05, 0) is 37.0 Å². The molecule has 0 amide bonds. The number of nitrogens with one attached hydrogen (secondary N) is 1. The Bertz CT molecular complexity index is 184. The normalized spacial score (nSPS) is 26.3. The largest absolute Gasteiger partial charge is 0.313 e. The zero-order chi connectivity index (χ0) is 12.5. The molecule has 2 heteroatoms. The summed E-state index contributed by atoms with van der Waals surface area (Å²) in [7, 11) is 0. The molecule has 1 fully saturated rings. The lowest BCUT2D eigenvalue weighted by Gasteiger charge is -2.24. The fourth-order valence-electron chi connectivity index (χ4n) is 2.80. The summed E-state index contributed by atoms with van der Waals surface area (Å²) in [5.74, 6) is 4.65. The first-order chi connectivity index (χ1) is 8.31. The van der Waals surface area contributed by atoms with Gasteiger partial charge in [0.05, 0.1) is 0 Å². The molecule has 1 heterocycles. The van der Waals surface area contributed by atoms with Crippen LogP contribution in [0.4, 0.5) is 0 Å². The van der Waals surface area contributed by atoms with E-state index in [-0.39, 0.29) is 0 Å². The van der Waals surface area contributed by atoms with Gasteiger partial charge in [-0.1, -0.05) is 46.5 Å². The molecule has 0 radical (unpaired) electrons. The molecular formula is C15H31NS. The van der Waals surface area contributed by atoms with E-state index < -0.39 is 0 Å². The summed E-state index contributed by atoms with van der Waals surface area (Å²) in [5, 5.41) is 3.75. The van der Waals surface area contributed by atoms with Gasteiger partial charge < -0.3 is 5.32 Å². The first kappa shape index (κ1) is 15.4. The van der Waals surface area contributed by atoms with Gasteiger partial charge in [-0.3, -0.25) is 0 Å². The van der Waals surface area contributed by atoms with Gasteiger partial charge in [-0.25, -0.2) is 0 Å². The van der Waals surface area contributed by atoms with E-state index in [1.807, 2.05) is 0 Å². The topological polar surface area (TPSA) is 12.0 Å². The minimum Gasteiger partial charge on any atom is -0.313 e. The van der Waals surface area contributed by atoms with E-state index in [1.165, 1.54) is 56.6 Å². The monoisotopic (exact) mass is 257 g/mol. The van der Waals surface area contributed by atoms with Crippen LogP contribution in [0.1, 0.15) is 59.3 Å². The minimum absolute atomic E-state index is 0.802. The number of rotatable bonds is 9. The molecule has 0 aromatic rings. The van der Waals surface area contributed by atoms with Crippen LogP contribution >= 0.6 is 11.8 Å². The van der Waals surface area contributed by atoms with E-state index in [1.54, 1.807) is 0 Å². The van der Waals surface area contributed by atoms with Crippen molar-refractivity contribution >= 4 is 11.8 Å². The fourth-order valence-corrected chi connectivity index (χ4v) is 4.25. The lowest BCUT2D eigenvalue weighted by molar-refractivity contribution is 0.312. The van der Waals surface area contributed by atoms with Gasteiger partial charge in [0.15, 0.2) is 0 Å². The van der Waals surface area contributed by atoms with Crippen molar-refractivity contribution in [2.75, 3.05) is 18.1 Å². The predicted octanol–water partition coefficient (Wildman–Crippen LogP) is 4.32. The Morgan fingerprint density at radius 2 is 2.00 bits per heavy atom. The van der Waals surface area contributed by atoms with Gasteiger partial charge in [-0.2, -0.15) is 11.8 Å². The van der Waals surface area contributed by atoms with Gasteiger partial charge in [0.1, 0.15) is 0 Å². The van der Waals surface area contributed by atoms with E-state index in [2.05, 4.69) is 37.8 Å². The predicted molar refractivity (Wildman–Crippen MR) is 80.8 cm³/mol. The molecule has 3 atom stereocenters. The van der Waals surface area contributed by atoms with Crippen LogP contribution in [-0.2, 0) is 0 Å². The molecular weight excluding hydrogens is 226 g/mol. The molecule has 0 spiro atoms. The number of unbranched alkanes of at least 4 members (excludes halogenated alkanes) is 1. The van der Waals surface area contributed by atoms with Crippen molar-refractivity contribution in [1.29, 1.82) is 0 Å². The first-order valence-electron chi connectivity index (χ1n) is 7.62. The Morgan fingerprint density at radius 1 is 1.18 bits per heavy atom. The van der Waals surface area contributed by atoms with E-state index in [4.69, 9.17) is 0 Å². The van der Waals surface area contributed by atoms with E-state index in [9.17, 15) is 0 Å². The molecule has 0 aromatic carbocycles. The van der Waals surface area contributed by atoms with Crippen LogP contribution in [0.3, 0.4) is 0 Å². The zero-order valence-electron chi connectivity index (χ0n) is 12.0. The molecule has 1 aliphatic rings. The van der Waals surface area contributed by atoms with Gasteiger partial charge in [-0.15, -0.1) is 0 Å². The molecule has 0 aliphatic carbocycles. The molecule has 0 aromatic heterocycles. The van der Waals surface area contributed by atoms with Gasteiger partial charge in [0, 0.05) is 11.8 Å². The van der Waals surface area contributed by atoms with Crippen LogP contribution in [-0.4, -0.2) is 24.1 Å². The maximum atomic E-state index is 3.75. The zero-order valence-corrected chi connectivity index (χ0v) is 12.8. The molecule has 1 aliphatic heterocycles. The van der Waals surface area contributed by atoms with Crippen molar-refractivity contribution in [3.8, 4) is 0 Å². The third kappa shape index (κ3) is 5.65. The van der Waals surface area contributed by atoms with Crippen molar-refractivity contribution < 1.29 is 0 Å². The van der Waals surface area contributed by atoms with Gasteiger partial charge in [0.25, 0.3) is 0 Å². The average Bonchev–Trinajstić information content (AvgIpc) is 2.79. The second kappa shape index (κ2) is 9.27. The van der Waals surface area contributed by atoms with Crippen molar-refractivity contribution in [2.45, 2.75) is 65.3 Å². The van der Waals surface area contributed by atoms with E-state index >= 15 is 0 Å². The highest BCUT2D eigenvalue weighted by Crippen LogP contribution is 2.32. The Kier molecular flexibility index (Phi) is 8.38. The standard InChI is InChI=1S/C15H31NS/c1-4-7-8-13(6-3)10-14-11-17-12-15(14)16-9-5-2/h13-16H,4-12H2,1-3H3. The molecule has 1 rings (SSSR count). The van der Waals surface area contributed by atoms with Crippen LogP contribution in [0.5, 0.6) is 0 Å². The maximum absolute atomic E-state index is 3.75. The highest BCUT2D eigenvalue weighted by molar-refractivity contribution is 7.99. The number of thioether (sulfide) groups is 1. The molecule has 0 bridgehead atoms. The SMILES string of the molecule is CCCCC(CC)CC1CSCC1NCCC. The molecule has 3 unspecified atom stereocenters. The summed E-state index contributed by atoms with van der Waals surface area (Å²) in [6.07, 6.45) is 8.33. The Balaban J connectivity index is 2.31. The summed E-state index contributed by atoms with van der Waals surface area (Å²) in [5.41, 5.74) is 0. The summed E-state index contributed by atoms with van der Waals surface area (Å²) in [6.45, 7) is 8.15.